The van der Waals surface area contributed by atoms with Crippen molar-refractivity contribution in [1.29, 1.82) is 0 Å². The van der Waals surface area contributed by atoms with Gasteiger partial charge in [-0.3, -0.25) is 14.7 Å². The minimum absolute atomic E-state index is 0.0192. The number of pyridine rings is 1. The number of amides is 1. The molecule has 1 amide bonds. The molecule has 1 fully saturated rings. The number of aromatic nitrogens is 2. The molecule has 0 N–H and O–H groups in total. The predicted molar refractivity (Wildman–Crippen MR) is 90.5 cm³/mol. The molecule has 1 aliphatic rings. The molecule has 24 heavy (non-hydrogen) atoms. The van der Waals surface area contributed by atoms with E-state index in [0.29, 0.717) is 17.5 Å². The van der Waals surface area contributed by atoms with Gasteiger partial charge in [0.2, 0.25) is 0 Å². The van der Waals surface area contributed by atoms with Gasteiger partial charge in [0.15, 0.2) is 12.1 Å². The molecule has 3 heterocycles. The van der Waals surface area contributed by atoms with E-state index in [-0.39, 0.29) is 5.91 Å². The third-order valence-electron chi connectivity index (χ3n) is 4.69. The van der Waals surface area contributed by atoms with Crippen LogP contribution in [-0.4, -0.2) is 51.9 Å². The molecular formula is C18H24N4O2. The molecule has 0 aromatic carbocycles. The highest BCUT2D eigenvalue weighted by Gasteiger charge is 2.26. The van der Waals surface area contributed by atoms with Gasteiger partial charge < -0.3 is 9.32 Å². The standard InChI is InChI=1S/C18H24N4O2/c1-14-17(20-13-24-14)18(23)22-10-5-7-16(8-11-22)21(2)12-15-6-3-4-9-19-15/h3-4,6,9,13,16H,5,7-8,10-12H2,1-2H3. The van der Waals surface area contributed by atoms with Crippen LogP contribution < -0.4 is 0 Å². The van der Waals surface area contributed by atoms with Gasteiger partial charge in [-0.25, -0.2) is 4.98 Å². The summed E-state index contributed by atoms with van der Waals surface area (Å²) in [4.78, 5) is 25.3. The van der Waals surface area contributed by atoms with Crippen molar-refractivity contribution < 1.29 is 9.21 Å². The van der Waals surface area contributed by atoms with Crippen molar-refractivity contribution in [3.05, 3.63) is 47.9 Å². The van der Waals surface area contributed by atoms with Gasteiger partial charge in [0.05, 0.1) is 5.69 Å². The molecule has 0 radical (unpaired) electrons. The normalized spacial score (nSPS) is 18.6. The molecule has 1 saturated heterocycles. The van der Waals surface area contributed by atoms with E-state index in [1.807, 2.05) is 23.2 Å². The monoisotopic (exact) mass is 328 g/mol. The van der Waals surface area contributed by atoms with Gasteiger partial charge in [-0.15, -0.1) is 0 Å². The molecular weight excluding hydrogens is 304 g/mol. The van der Waals surface area contributed by atoms with E-state index in [0.717, 1.165) is 44.6 Å². The largest absolute Gasteiger partial charge is 0.448 e. The molecule has 6 heteroatoms. The first-order chi connectivity index (χ1) is 11.6. The number of aryl methyl sites for hydroxylation is 1. The van der Waals surface area contributed by atoms with Gasteiger partial charge in [0, 0.05) is 31.9 Å². The van der Waals surface area contributed by atoms with Crippen LogP contribution in [0.1, 0.15) is 41.2 Å². The second kappa shape index (κ2) is 7.57. The zero-order chi connectivity index (χ0) is 16.9. The number of likely N-dealkylation sites (tertiary alicyclic amines) is 1. The number of hydrogen-bond donors (Lipinski definition) is 0. The average molecular weight is 328 g/mol. The molecule has 1 unspecified atom stereocenters. The average Bonchev–Trinajstić information content (AvgIpc) is 2.87. The molecule has 2 aromatic heterocycles. The van der Waals surface area contributed by atoms with Crippen LogP contribution >= 0.6 is 0 Å². The Morgan fingerprint density at radius 2 is 2.21 bits per heavy atom. The van der Waals surface area contributed by atoms with Crippen molar-refractivity contribution in [2.24, 2.45) is 0 Å². The van der Waals surface area contributed by atoms with E-state index in [2.05, 4.69) is 28.0 Å². The highest BCUT2D eigenvalue weighted by molar-refractivity contribution is 5.93. The van der Waals surface area contributed by atoms with Crippen LogP contribution in [0.3, 0.4) is 0 Å². The Labute approximate surface area is 142 Å². The van der Waals surface area contributed by atoms with E-state index in [4.69, 9.17) is 4.42 Å². The van der Waals surface area contributed by atoms with Gasteiger partial charge in [0.25, 0.3) is 5.91 Å². The summed E-state index contributed by atoms with van der Waals surface area (Å²) >= 11 is 0. The molecule has 0 spiro atoms. The summed E-state index contributed by atoms with van der Waals surface area (Å²) in [6, 6.07) is 6.47. The van der Waals surface area contributed by atoms with Gasteiger partial charge in [0.1, 0.15) is 5.76 Å². The minimum atomic E-state index is -0.0192. The summed E-state index contributed by atoms with van der Waals surface area (Å²) < 4.78 is 5.16. The molecule has 2 aromatic rings. The summed E-state index contributed by atoms with van der Waals surface area (Å²) in [5.41, 5.74) is 1.52. The number of rotatable bonds is 4. The van der Waals surface area contributed by atoms with Crippen molar-refractivity contribution in [2.45, 2.75) is 38.8 Å². The van der Waals surface area contributed by atoms with E-state index < -0.39 is 0 Å². The molecule has 1 aliphatic heterocycles. The highest BCUT2D eigenvalue weighted by Crippen LogP contribution is 2.19. The highest BCUT2D eigenvalue weighted by atomic mass is 16.3. The topological polar surface area (TPSA) is 62.5 Å². The Morgan fingerprint density at radius 1 is 1.33 bits per heavy atom. The van der Waals surface area contributed by atoms with Crippen molar-refractivity contribution in [1.82, 2.24) is 19.8 Å². The summed E-state index contributed by atoms with van der Waals surface area (Å²) in [5.74, 6) is 0.572. The summed E-state index contributed by atoms with van der Waals surface area (Å²) in [5, 5.41) is 0. The molecule has 0 aliphatic carbocycles. The summed E-state index contributed by atoms with van der Waals surface area (Å²) in [7, 11) is 2.14. The molecule has 0 bridgehead atoms. The number of carbonyl (C=O) groups excluding carboxylic acids is 1. The molecule has 3 rings (SSSR count). The number of hydrogen-bond acceptors (Lipinski definition) is 5. The second-order valence-electron chi connectivity index (χ2n) is 6.37. The van der Waals surface area contributed by atoms with Crippen molar-refractivity contribution in [3.63, 3.8) is 0 Å². The van der Waals surface area contributed by atoms with Crippen molar-refractivity contribution >= 4 is 5.91 Å². The van der Waals surface area contributed by atoms with E-state index >= 15 is 0 Å². The Kier molecular flexibility index (Phi) is 5.25. The summed E-state index contributed by atoms with van der Waals surface area (Å²) in [6.07, 6.45) is 6.22. The number of nitrogens with zero attached hydrogens (tertiary/aromatic N) is 4. The van der Waals surface area contributed by atoms with Crippen molar-refractivity contribution in [3.8, 4) is 0 Å². The quantitative estimate of drug-likeness (QED) is 0.863. The molecule has 0 saturated carbocycles. The molecule has 6 nitrogen and oxygen atoms in total. The maximum absolute atomic E-state index is 12.6. The van der Waals surface area contributed by atoms with E-state index in [1.54, 1.807) is 6.92 Å². The zero-order valence-corrected chi connectivity index (χ0v) is 14.3. The fourth-order valence-electron chi connectivity index (χ4n) is 3.26. The smallest absolute Gasteiger partial charge is 0.276 e. The Balaban J connectivity index is 1.58. The van der Waals surface area contributed by atoms with Crippen LogP contribution in [0.25, 0.3) is 0 Å². The van der Waals surface area contributed by atoms with Crippen LogP contribution in [0, 0.1) is 6.92 Å². The van der Waals surface area contributed by atoms with Gasteiger partial charge in [-0.05, 0) is 45.4 Å². The van der Waals surface area contributed by atoms with Crippen LogP contribution in [0.4, 0.5) is 0 Å². The fourth-order valence-corrected chi connectivity index (χ4v) is 3.26. The van der Waals surface area contributed by atoms with Gasteiger partial charge >= 0.3 is 0 Å². The maximum atomic E-state index is 12.6. The Morgan fingerprint density at radius 3 is 2.92 bits per heavy atom. The van der Waals surface area contributed by atoms with Crippen LogP contribution in [-0.2, 0) is 6.54 Å². The van der Waals surface area contributed by atoms with Gasteiger partial charge in [-0.2, -0.15) is 0 Å². The zero-order valence-electron chi connectivity index (χ0n) is 14.3. The number of oxazole rings is 1. The maximum Gasteiger partial charge on any atom is 0.276 e. The number of carbonyl (C=O) groups is 1. The minimum Gasteiger partial charge on any atom is -0.448 e. The first kappa shape index (κ1) is 16.6. The van der Waals surface area contributed by atoms with Crippen LogP contribution in [0.5, 0.6) is 0 Å². The Bertz CT molecular complexity index is 671. The molecule has 1 atom stereocenters. The SMILES string of the molecule is Cc1ocnc1C(=O)N1CCCC(N(C)Cc2ccccn2)CC1. The Hall–Kier alpha value is -2.21. The lowest BCUT2D eigenvalue weighted by Crippen LogP contribution is -2.35. The lowest BCUT2D eigenvalue weighted by Gasteiger charge is -2.27. The summed E-state index contributed by atoms with van der Waals surface area (Å²) in [6.45, 7) is 4.14. The lowest BCUT2D eigenvalue weighted by atomic mass is 10.1. The first-order valence-electron chi connectivity index (χ1n) is 8.44. The van der Waals surface area contributed by atoms with Crippen LogP contribution in [0.15, 0.2) is 35.2 Å². The van der Waals surface area contributed by atoms with Crippen LogP contribution in [0.2, 0.25) is 0 Å². The molecule has 128 valence electrons. The second-order valence-corrected chi connectivity index (χ2v) is 6.37. The fraction of sp³-hybridized carbons (Fsp3) is 0.500. The van der Waals surface area contributed by atoms with E-state index in [9.17, 15) is 4.79 Å². The first-order valence-corrected chi connectivity index (χ1v) is 8.44. The third-order valence-corrected chi connectivity index (χ3v) is 4.69. The third kappa shape index (κ3) is 3.82. The lowest BCUT2D eigenvalue weighted by molar-refractivity contribution is 0.0750. The predicted octanol–water partition coefficient (Wildman–Crippen LogP) is 2.50. The van der Waals surface area contributed by atoms with Gasteiger partial charge in [-0.1, -0.05) is 6.07 Å². The van der Waals surface area contributed by atoms with Crippen molar-refractivity contribution in [2.75, 3.05) is 20.1 Å². The van der Waals surface area contributed by atoms with E-state index in [1.165, 1.54) is 6.39 Å².